The first-order chi connectivity index (χ1) is 9.77. The SMILES string of the molecule is O=c1[nH]c(=O)n([C@H]2C[C@H](OCl)[C@@H](CO)O2)cc1C(F)(F)F. The molecule has 1 aromatic rings. The lowest BCUT2D eigenvalue weighted by Crippen LogP contribution is -2.36. The van der Waals surface area contributed by atoms with Crippen LogP contribution in [0.4, 0.5) is 13.2 Å². The molecule has 0 unspecified atom stereocenters. The topological polar surface area (TPSA) is 93.6 Å². The van der Waals surface area contributed by atoms with E-state index in [1.165, 1.54) is 0 Å². The molecule has 3 atom stereocenters. The number of aliphatic hydroxyl groups is 1. The number of hydrogen-bond acceptors (Lipinski definition) is 5. The number of halogens is 4. The van der Waals surface area contributed by atoms with Crippen molar-refractivity contribution in [3.8, 4) is 0 Å². The molecule has 0 spiro atoms. The van der Waals surface area contributed by atoms with E-state index in [0.717, 1.165) is 0 Å². The molecule has 11 heteroatoms. The van der Waals surface area contributed by atoms with Crippen molar-refractivity contribution in [1.82, 2.24) is 9.55 Å². The Morgan fingerprint density at radius 2 is 2.19 bits per heavy atom. The Bertz CT molecular complexity index is 616. The summed E-state index contributed by atoms with van der Waals surface area (Å²) < 4.78 is 48.3. The molecular weight excluding hydrogens is 321 g/mol. The summed E-state index contributed by atoms with van der Waals surface area (Å²) in [6.07, 6.45) is -7.43. The zero-order chi connectivity index (χ0) is 15.8. The summed E-state index contributed by atoms with van der Waals surface area (Å²) in [5, 5.41) is 9.04. The van der Waals surface area contributed by atoms with Crippen LogP contribution in [0, 0.1) is 0 Å². The lowest BCUT2D eigenvalue weighted by molar-refractivity contribution is -0.139. The highest BCUT2D eigenvalue weighted by Gasteiger charge is 2.40. The number of aromatic nitrogens is 2. The zero-order valence-corrected chi connectivity index (χ0v) is 11.0. The minimum Gasteiger partial charge on any atom is -0.394 e. The van der Waals surface area contributed by atoms with Gasteiger partial charge in [-0.3, -0.25) is 18.6 Å². The van der Waals surface area contributed by atoms with Crippen molar-refractivity contribution in [2.24, 2.45) is 0 Å². The molecule has 21 heavy (non-hydrogen) atoms. The van der Waals surface area contributed by atoms with E-state index in [4.69, 9.17) is 21.7 Å². The second kappa shape index (κ2) is 5.79. The van der Waals surface area contributed by atoms with E-state index in [9.17, 15) is 22.8 Å². The Morgan fingerprint density at radius 1 is 1.52 bits per heavy atom. The first-order valence-electron chi connectivity index (χ1n) is 5.74. The first kappa shape index (κ1) is 16.0. The number of hydrogen-bond donors (Lipinski definition) is 2. The maximum atomic E-state index is 12.7. The minimum atomic E-state index is -4.92. The number of rotatable bonds is 3. The van der Waals surface area contributed by atoms with Gasteiger partial charge in [0.2, 0.25) is 0 Å². The molecule has 2 heterocycles. The average Bonchev–Trinajstić information content (AvgIpc) is 2.80. The van der Waals surface area contributed by atoms with Crippen LogP contribution in [0.5, 0.6) is 0 Å². The van der Waals surface area contributed by atoms with Crippen LogP contribution in [0.3, 0.4) is 0 Å². The van der Waals surface area contributed by atoms with Crippen molar-refractivity contribution in [3.63, 3.8) is 0 Å². The van der Waals surface area contributed by atoms with E-state index in [1.54, 1.807) is 4.98 Å². The average molecular weight is 331 g/mol. The van der Waals surface area contributed by atoms with Gasteiger partial charge in [0.15, 0.2) is 0 Å². The van der Waals surface area contributed by atoms with Crippen LogP contribution in [0.25, 0.3) is 0 Å². The van der Waals surface area contributed by atoms with Crippen LogP contribution < -0.4 is 11.2 Å². The largest absolute Gasteiger partial charge is 0.423 e. The molecule has 0 saturated carbocycles. The van der Waals surface area contributed by atoms with E-state index in [2.05, 4.69) is 4.29 Å². The predicted octanol–water partition coefficient (Wildman–Crippen LogP) is 0.374. The maximum absolute atomic E-state index is 12.7. The molecule has 0 amide bonds. The normalized spacial score (nSPS) is 26.2. The molecule has 1 saturated heterocycles. The predicted molar refractivity (Wildman–Crippen MR) is 62.7 cm³/mol. The summed E-state index contributed by atoms with van der Waals surface area (Å²) in [6.45, 7) is -0.488. The summed E-state index contributed by atoms with van der Waals surface area (Å²) >= 11 is 5.19. The number of alkyl halides is 3. The van der Waals surface area contributed by atoms with Crippen molar-refractivity contribution in [1.29, 1.82) is 0 Å². The van der Waals surface area contributed by atoms with E-state index >= 15 is 0 Å². The number of H-pyrrole nitrogens is 1. The molecule has 1 aliphatic rings. The van der Waals surface area contributed by atoms with E-state index < -0.39 is 48.0 Å². The van der Waals surface area contributed by atoms with Crippen LogP contribution in [0.15, 0.2) is 15.8 Å². The number of nitrogens with zero attached hydrogens (tertiary/aromatic N) is 1. The fourth-order valence-electron chi connectivity index (χ4n) is 2.03. The van der Waals surface area contributed by atoms with Crippen molar-refractivity contribution in [2.45, 2.75) is 31.0 Å². The molecule has 0 bridgehead atoms. The fourth-order valence-corrected chi connectivity index (χ4v) is 2.22. The van der Waals surface area contributed by atoms with Gasteiger partial charge < -0.3 is 9.84 Å². The number of aromatic amines is 1. The molecule has 2 N–H and O–H groups in total. The Balaban J connectivity index is 2.42. The van der Waals surface area contributed by atoms with Crippen molar-refractivity contribution in [3.05, 3.63) is 32.6 Å². The van der Waals surface area contributed by atoms with Gasteiger partial charge in [-0.25, -0.2) is 4.79 Å². The summed E-state index contributed by atoms with van der Waals surface area (Å²) in [6, 6.07) is 0. The Morgan fingerprint density at radius 3 is 2.67 bits per heavy atom. The number of aliphatic hydroxyl groups excluding tert-OH is 1. The third kappa shape index (κ3) is 3.12. The van der Waals surface area contributed by atoms with E-state index in [0.29, 0.717) is 10.8 Å². The van der Waals surface area contributed by atoms with Gasteiger partial charge >= 0.3 is 11.9 Å². The summed E-state index contributed by atoms with van der Waals surface area (Å²) in [5.74, 6) is 0. The Hall–Kier alpha value is -1.36. The van der Waals surface area contributed by atoms with Gasteiger partial charge in [0.05, 0.1) is 18.5 Å². The second-order valence-electron chi connectivity index (χ2n) is 4.38. The van der Waals surface area contributed by atoms with Crippen LogP contribution in [-0.4, -0.2) is 33.5 Å². The summed E-state index contributed by atoms with van der Waals surface area (Å²) in [5.41, 5.74) is -4.13. The van der Waals surface area contributed by atoms with Gasteiger partial charge in [0, 0.05) is 12.6 Å². The van der Waals surface area contributed by atoms with Crippen LogP contribution in [-0.2, 0) is 15.2 Å². The minimum absolute atomic E-state index is 0.0576. The summed E-state index contributed by atoms with van der Waals surface area (Å²) in [4.78, 5) is 24.4. The van der Waals surface area contributed by atoms with Gasteiger partial charge in [0.1, 0.15) is 24.0 Å². The molecular formula is C10H10ClF3N2O5. The molecule has 1 fully saturated rings. The molecule has 1 aromatic heterocycles. The molecule has 118 valence electrons. The highest BCUT2D eigenvalue weighted by molar-refractivity contribution is 6.07. The highest BCUT2D eigenvalue weighted by Crippen LogP contribution is 2.31. The molecule has 2 rings (SSSR count). The lowest BCUT2D eigenvalue weighted by atomic mass is 10.2. The monoisotopic (exact) mass is 330 g/mol. The molecule has 7 nitrogen and oxygen atoms in total. The quantitative estimate of drug-likeness (QED) is 0.835. The Kier molecular flexibility index (Phi) is 4.42. The van der Waals surface area contributed by atoms with Gasteiger partial charge in [-0.2, -0.15) is 13.2 Å². The second-order valence-corrected chi connectivity index (χ2v) is 4.56. The van der Waals surface area contributed by atoms with Crippen LogP contribution >= 0.6 is 11.9 Å². The summed E-state index contributed by atoms with van der Waals surface area (Å²) in [7, 11) is 0. The van der Waals surface area contributed by atoms with E-state index in [1.807, 2.05) is 0 Å². The third-order valence-electron chi connectivity index (χ3n) is 3.06. The highest BCUT2D eigenvalue weighted by atomic mass is 35.5. The van der Waals surface area contributed by atoms with Gasteiger partial charge in [-0.15, -0.1) is 0 Å². The molecule has 0 aromatic carbocycles. The smallest absolute Gasteiger partial charge is 0.394 e. The Labute approximate surface area is 120 Å². The maximum Gasteiger partial charge on any atom is 0.423 e. The zero-order valence-electron chi connectivity index (χ0n) is 10.3. The van der Waals surface area contributed by atoms with Gasteiger partial charge in [0.25, 0.3) is 5.56 Å². The van der Waals surface area contributed by atoms with Gasteiger partial charge in [-0.05, 0) is 0 Å². The lowest BCUT2D eigenvalue weighted by Gasteiger charge is -2.16. The fraction of sp³-hybridized carbons (Fsp3) is 0.600. The van der Waals surface area contributed by atoms with Crippen molar-refractivity contribution < 1.29 is 27.3 Å². The standard InChI is InChI=1S/C10H10ClF3N2O5/c11-21-5-1-7(20-6(5)3-17)16-2-4(10(12,13)14)8(18)15-9(16)19/h2,5-7,17H,1,3H2,(H,15,18,19)/t5-,6+,7+/m0/s1. The first-order valence-corrected chi connectivity index (χ1v) is 6.05. The molecule has 0 radical (unpaired) electrons. The number of nitrogens with one attached hydrogen (secondary N) is 1. The number of ether oxygens (including phenoxy) is 1. The van der Waals surface area contributed by atoms with E-state index in [-0.39, 0.29) is 6.42 Å². The van der Waals surface area contributed by atoms with Crippen LogP contribution in [0.1, 0.15) is 18.2 Å². The van der Waals surface area contributed by atoms with Gasteiger partial charge in [-0.1, -0.05) is 0 Å². The third-order valence-corrected chi connectivity index (χ3v) is 3.29. The molecule has 1 aliphatic heterocycles. The molecule has 0 aliphatic carbocycles. The van der Waals surface area contributed by atoms with Crippen LogP contribution in [0.2, 0.25) is 0 Å². The van der Waals surface area contributed by atoms with Crippen molar-refractivity contribution in [2.75, 3.05) is 6.61 Å². The van der Waals surface area contributed by atoms with Crippen molar-refractivity contribution >= 4 is 11.9 Å².